The van der Waals surface area contributed by atoms with E-state index in [0.29, 0.717) is 26.8 Å². The summed E-state index contributed by atoms with van der Waals surface area (Å²) in [4.78, 5) is 31.1. The largest absolute Gasteiger partial charge is 0.457 e. The molecular formula is C23H20ClN5O3S. The number of piperidine rings is 1. The first-order valence-electron chi connectivity index (χ1n) is 10.6. The van der Waals surface area contributed by atoms with Gasteiger partial charge in [-0.1, -0.05) is 11.6 Å². The van der Waals surface area contributed by atoms with Crippen LogP contribution in [0.4, 0.5) is 0 Å². The number of hydrogen-bond acceptors (Lipinski definition) is 6. The van der Waals surface area contributed by atoms with Crippen LogP contribution in [0.15, 0.2) is 56.5 Å². The van der Waals surface area contributed by atoms with Gasteiger partial charge in [0.25, 0.3) is 5.91 Å². The standard InChI is InChI=1S/C23H20ClN5O3S/c24-15-6-4-14(5-7-15)18-9-8-16(32-18)12-17-21(25)29-23(26-22(17)31)33-19(27-29)13-20(30)28-10-2-1-3-11-28/h4-9,12,25H,1-3,10-11,13H2. The maximum atomic E-state index is 12.6. The average molecular weight is 482 g/mol. The number of likely N-dealkylation sites (tertiary alicyclic amines) is 1. The maximum Gasteiger partial charge on any atom is 0.283 e. The molecule has 1 fully saturated rings. The van der Waals surface area contributed by atoms with Crippen molar-refractivity contribution < 1.29 is 14.0 Å². The number of hydrazone groups is 1. The summed E-state index contributed by atoms with van der Waals surface area (Å²) in [6.07, 6.45) is 4.81. The summed E-state index contributed by atoms with van der Waals surface area (Å²) in [7, 11) is 0. The highest BCUT2D eigenvalue weighted by Crippen LogP contribution is 2.31. The van der Waals surface area contributed by atoms with Gasteiger partial charge < -0.3 is 9.32 Å². The Morgan fingerprint density at radius 3 is 2.67 bits per heavy atom. The fourth-order valence-electron chi connectivity index (χ4n) is 3.83. The molecule has 4 heterocycles. The highest BCUT2D eigenvalue weighted by atomic mass is 35.5. The van der Waals surface area contributed by atoms with Gasteiger partial charge in [0.1, 0.15) is 16.6 Å². The van der Waals surface area contributed by atoms with E-state index in [1.54, 1.807) is 24.3 Å². The van der Waals surface area contributed by atoms with E-state index < -0.39 is 5.91 Å². The van der Waals surface area contributed by atoms with Gasteiger partial charge in [0.2, 0.25) is 11.1 Å². The van der Waals surface area contributed by atoms with Gasteiger partial charge in [-0.05, 0) is 73.5 Å². The Labute approximate surface area is 199 Å². The molecule has 1 saturated heterocycles. The zero-order chi connectivity index (χ0) is 22.9. The van der Waals surface area contributed by atoms with Gasteiger partial charge in [-0.25, -0.2) is 0 Å². The molecule has 1 aromatic heterocycles. The lowest BCUT2D eigenvalue weighted by atomic mass is 10.1. The quantitative estimate of drug-likeness (QED) is 0.642. The van der Waals surface area contributed by atoms with E-state index in [4.69, 9.17) is 21.4 Å². The maximum absolute atomic E-state index is 12.6. The summed E-state index contributed by atoms with van der Waals surface area (Å²) in [6.45, 7) is 1.54. The third-order valence-electron chi connectivity index (χ3n) is 5.55. The number of fused-ring (bicyclic) bond motifs is 1. The molecule has 0 saturated carbocycles. The fraction of sp³-hybridized carbons (Fsp3) is 0.261. The van der Waals surface area contributed by atoms with Gasteiger partial charge in [0.15, 0.2) is 5.84 Å². The Morgan fingerprint density at radius 2 is 1.91 bits per heavy atom. The molecule has 3 aliphatic heterocycles. The molecule has 2 aromatic rings. The second-order valence-corrected chi connectivity index (χ2v) is 9.32. The number of halogens is 1. The van der Waals surface area contributed by atoms with Gasteiger partial charge >= 0.3 is 0 Å². The molecule has 0 bridgehead atoms. The van der Waals surface area contributed by atoms with Crippen LogP contribution in [0.2, 0.25) is 5.02 Å². The van der Waals surface area contributed by atoms with Crippen molar-refractivity contribution in [1.29, 1.82) is 5.41 Å². The lowest BCUT2D eigenvalue weighted by molar-refractivity contribution is -0.130. The molecule has 0 unspecified atom stereocenters. The van der Waals surface area contributed by atoms with Crippen molar-refractivity contribution in [3.05, 3.63) is 52.8 Å². The molecule has 1 aromatic carbocycles. The molecular weight excluding hydrogens is 462 g/mol. The summed E-state index contributed by atoms with van der Waals surface area (Å²) < 4.78 is 5.83. The second kappa shape index (κ2) is 8.99. The number of nitrogens with zero attached hydrogens (tertiary/aromatic N) is 4. The smallest absolute Gasteiger partial charge is 0.283 e. The van der Waals surface area contributed by atoms with Crippen LogP contribution in [-0.2, 0) is 9.59 Å². The van der Waals surface area contributed by atoms with Crippen LogP contribution in [0, 0.1) is 5.41 Å². The molecule has 5 rings (SSSR count). The lowest BCUT2D eigenvalue weighted by Gasteiger charge is -2.26. The summed E-state index contributed by atoms with van der Waals surface area (Å²) in [6, 6.07) is 10.7. The Hall–Kier alpha value is -3.17. The number of thioether (sulfide) groups is 1. The molecule has 0 atom stereocenters. The minimum absolute atomic E-state index is 0.0142. The van der Waals surface area contributed by atoms with Crippen molar-refractivity contribution in [2.45, 2.75) is 25.7 Å². The number of rotatable bonds is 4. The average Bonchev–Trinajstić information content (AvgIpc) is 3.45. The first-order valence-corrected chi connectivity index (χ1v) is 11.8. The summed E-state index contributed by atoms with van der Waals surface area (Å²) in [5.41, 5.74) is 0.918. The van der Waals surface area contributed by atoms with Crippen LogP contribution in [0.1, 0.15) is 31.4 Å². The number of hydrogen-bond donors (Lipinski definition) is 1. The molecule has 0 radical (unpaired) electrons. The molecule has 0 aliphatic carbocycles. The highest BCUT2D eigenvalue weighted by Gasteiger charge is 2.36. The molecule has 33 heavy (non-hydrogen) atoms. The Morgan fingerprint density at radius 1 is 1.15 bits per heavy atom. The molecule has 8 nitrogen and oxygen atoms in total. The first-order chi connectivity index (χ1) is 16.0. The van der Waals surface area contributed by atoms with Crippen LogP contribution >= 0.6 is 23.4 Å². The van der Waals surface area contributed by atoms with Gasteiger partial charge in [-0.3, -0.25) is 15.0 Å². The normalized spacial score (nSPS) is 19.6. The summed E-state index contributed by atoms with van der Waals surface area (Å²) in [5, 5.41) is 15.7. The highest BCUT2D eigenvalue weighted by molar-refractivity contribution is 8.27. The molecule has 1 N–H and O–H groups in total. The molecule has 10 heteroatoms. The Kier molecular flexibility index (Phi) is 5.90. The van der Waals surface area contributed by atoms with Crippen LogP contribution < -0.4 is 0 Å². The van der Waals surface area contributed by atoms with E-state index in [1.165, 1.54) is 11.1 Å². The Bertz CT molecular complexity index is 1220. The molecule has 3 aliphatic rings. The van der Waals surface area contributed by atoms with E-state index in [9.17, 15) is 9.59 Å². The predicted octanol–water partition coefficient (Wildman–Crippen LogP) is 4.62. The fourth-order valence-corrected chi connectivity index (χ4v) is 4.83. The van der Waals surface area contributed by atoms with Crippen molar-refractivity contribution in [3.63, 3.8) is 0 Å². The lowest BCUT2D eigenvalue weighted by Crippen LogP contribution is -2.36. The number of amides is 2. The van der Waals surface area contributed by atoms with E-state index in [-0.39, 0.29) is 23.7 Å². The number of nitrogens with one attached hydrogen (secondary N) is 1. The topological polar surface area (TPSA) is 102 Å². The predicted molar refractivity (Wildman–Crippen MR) is 129 cm³/mol. The second-order valence-electron chi connectivity index (χ2n) is 7.84. The van der Waals surface area contributed by atoms with Crippen LogP contribution in [-0.4, -0.2) is 50.9 Å². The monoisotopic (exact) mass is 481 g/mol. The van der Waals surface area contributed by atoms with Gasteiger partial charge in [0, 0.05) is 23.7 Å². The van der Waals surface area contributed by atoms with Gasteiger partial charge in [-0.2, -0.15) is 15.1 Å². The zero-order valence-electron chi connectivity index (χ0n) is 17.6. The molecule has 168 valence electrons. The Balaban J connectivity index is 1.33. The number of amidine groups is 2. The van der Waals surface area contributed by atoms with E-state index >= 15 is 0 Å². The minimum Gasteiger partial charge on any atom is -0.457 e. The SMILES string of the molecule is N=C1C(=Cc2ccc(-c3ccc(Cl)cc3)o2)C(=O)N=C2SC(CC(=O)N3CCCCC3)=NN12. The number of furan rings is 1. The number of carbonyl (C=O) groups excluding carboxylic acids is 2. The third kappa shape index (κ3) is 4.51. The molecule has 0 spiro atoms. The van der Waals surface area contributed by atoms with Crippen molar-refractivity contribution in [3.8, 4) is 11.3 Å². The minimum atomic E-state index is -0.540. The van der Waals surface area contributed by atoms with Crippen molar-refractivity contribution in [2.75, 3.05) is 13.1 Å². The van der Waals surface area contributed by atoms with Crippen molar-refractivity contribution in [2.24, 2.45) is 10.1 Å². The van der Waals surface area contributed by atoms with E-state index in [0.717, 1.165) is 49.7 Å². The van der Waals surface area contributed by atoms with Crippen LogP contribution in [0.5, 0.6) is 0 Å². The first kappa shape index (κ1) is 21.7. The van der Waals surface area contributed by atoms with Crippen LogP contribution in [0.25, 0.3) is 17.4 Å². The van der Waals surface area contributed by atoms with Gasteiger partial charge in [-0.15, -0.1) is 0 Å². The van der Waals surface area contributed by atoms with Crippen LogP contribution in [0.3, 0.4) is 0 Å². The zero-order valence-corrected chi connectivity index (χ0v) is 19.2. The summed E-state index contributed by atoms with van der Waals surface area (Å²) >= 11 is 7.10. The van der Waals surface area contributed by atoms with Crippen molar-refractivity contribution >= 4 is 57.3 Å². The van der Waals surface area contributed by atoms with Gasteiger partial charge in [0.05, 0.1) is 12.0 Å². The van der Waals surface area contributed by atoms with E-state index in [1.807, 2.05) is 17.0 Å². The number of benzene rings is 1. The summed E-state index contributed by atoms with van der Waals surface area (Å²) in [5.74, 6) is 0.415. The third-order valence-corrected chi connectivity index (χ3v) is 6.71. The van der Waals surface area contributed by atoms with E-state index in [2.05, 4.69) is 10.1 Å². The number of aliphatic imine (C=N–C) groups is 1. The van der Waals surface area contributed by atoms with Crippen molar-refractivity contribution in [1.82, 2.24) is 9.91 Å². The molecule has 2 amide bonds. The number of carbonyl (C=O) groups is 2.